The summed E-state index contributed by atoms with van der Waals surface area (Å²) in [6, 6.07) is 11.5. The zero-order valence-corrected chi connectivity index (χ0v) is 13.1. The maximum Gasteiger partial charge on any atom is 0.280 e. The molecule has 0 saturated carbocycles. The Morgan fingerprint density at radius 1 is 1.30 bits per heavy atom. The fourth-order valence-corrected chi connectivity index (χ4v) is 3.84. The molecule has 2 N–H and O–H groups in total. The number of carbonyl (C=O) groups is 1. The quantitative estimate of drug-likeness (QED) is 0.774. The van der Waals surface area contributed by atoms with Crippen LogP contribution in [0.25, 0.3) is 10.3 Å². The van der Waals surface area contributed by atoms with Crippen LogP contribution in [0, 0.1) is 0 Å². The van der Waals surface area contributed by atoms with Gasteiger partial charge in [-0.1, -0.05) is 35.6 Å². The van der Waals surface area contributed by atoms with Gasteiger partial charge in [0.15, 0.2) is 5.01 Å². The topological polar surface area (TPSA) is 75.1 Å². The van der Waals surface area contributed by atoms with Crippen LogP contribution in [0.3, 0.4) is 0 Å². The van der Waals surface area contributed by atoms with Gasteiger partial charge in [0.2, 0.25) is 0 Å². The van der Waals surface area contributed by atoms with Gasteiger partial charge in [0, 0.05) is 6.20 Å². The van der Waals surface area contributed by atoms with Crippen molar-refractivity contribution in [2.24, 2.45) is 0 Å². The van der Waals surface area contributed by atoms with E-state index in [9.17, 15) is 9.90 Å². The van der Waals surface area contributed by atoms with Gasteiger partial charge in [0.05, 0.1) is 6.54 Å². The maximum atomic E-state index is 12.3. The Hall–Kier alpha value is -2.31. The molecular formula is C17H15N3O2S. The number of hydrogen-bond donors (Lipinski definition) is 2. The Morgan fingerprint density at radius 3 is 3.04 bits per heavy atom. The number of thiazole rings is 1. The van der Waals surface area contributed by atoms with Crippen LogP contribution in [-0.2, 0) is 12.0 Å². The van der Waals surface area contributed by atoms with Gasteiger partial charge in [0.1, 0.15) is 15.9 Å². The summed E-state index contributed by atoms with van der Waals surface area (Å²) in [4.78, 5) is 21.5. The predicted octanol–water partition coefficient (Wildman–Crippen LogP) is 2.26. The number of aryl methyl sites for hydroxylation is 1. The van der Waals surface area contributed by atoms with E-state index in [-0.39, 0.29) is 12.5 Å². The van der Waals surface area contributed by atoms with Crippen molar-refractivity contribution in [3.63, 3.8) is 0 Å². The maximum absolute atomic E-state index is 12.3. The molecule has 0 fully saturated rings. The van der Waals surface area contributed by atoms with Crippen LogP contribution in [0.5, 0.6) is 0 Å². The number of aliphatic hydroxyl groups is 1. The lowest BCUT2D eigenvalue weighted by Gasteiger charge is -2.24. The Bertz CT molecular complexity index is 859. The van der Waals surface area contributed by atoms with E-state index < -0.39 is 5.60 Å². The number of nitrogens with zero attached hydrogens (tertiary/aromatic N) is 2. The van der Waals surface area contributed by atoms with E-state index in [2.05, 4.69) is 15.3 Å². The normalized spacial score (nSPS) is 19.7. The highest BCUT2D eigenvalue weighted by molar-refractivity contribution is 7.19. The van der Waals surface area contributed by atoms with Crippen LogP contribution in [0.4, 0.5) is 0 Å². The average Bonchev–Trinajstić information content (AvgIpc) is 3.15. The highest BCUT2D eigenvalue weighted by Gasteiger charge is 2.36. The Labute approximate surface area is 137 Å². The van der Waals surface area contributed by atoms with Crippen LogP contribution in [0.1, 0.15) is 27.3 Å². The third kappa shape index (κ3) is 2.50. The summed E-state index contributed by atoms with van der Waals surface area (Å²) in [5.74, 6) is -0.272. The summed E-state index contributed by atoms with van der Waals surface area (Å²) in [5.41, 5.74) is 1.77. The Morgan fingerprint density at radius 2 is 2.17 bits per heavy atom. The molecule has 1 aliphatic carbocycles. The first kappa shape index (κ1) is 14.3. The summed E-state index contributed by atoms with van der Waals surface area (Å²) < 4.78 is 0. The van der Waals surface area contributed by atoms with Crippen LogP contribution < -0.4 is 5.32 Å². The van der Waals surface area contributed by atoms with E-state index in [0.29, 0.717) is 16.9 Å². The lowest BCUT2D eigenvalue weighted by Crippen LogP contribution is -2.39. The van der Waals surface area contributed by atoms with Gasteiger partial charge in [-0.05, 0) is 36.1 Å². The van der Waals surface area contributed by atoms with E-state index in [0.717, 1.165) is 22.4 Å². The number of carbonyl (C=O) groups excluding carboxylic acids is 1. The van der Waals surface area contributed by atoms with E-state index in [1.807, 2.05) is 30.3 Å². The second kappa shape index (κ2) is 5.40. The van der Waals surface area contributed by atoms with Crippen LogP contribution in [-0.4, -0.2) is 27.5 Å². The predicted molar refractivity (Wildman–Crippen MR) is 88.4 cm³/mol. The molecule has 1 aliphatic rings. The SMILES string of the molecule is O=C(NCC1(O)CCc2ccccc21)c1nc2cccnc2s1. The van der Waals surface area contributed by atoms with Crippen LogP contribution >= 0.6 is 11.3 Å². The van der Waals surface area contributed by atoms with E-state index >= 15 is 0 Å². The van der Waals surface area contributed by atoms with Gasteiger partial charge >= 0.3 is 0 Å². The standard InChI is InChI=1S/C17H15N3O2S/c21-14(16-20-13-6-3-9-18-15(13)23-16)19-10-17(22)8-7-11-4-1-2-5-12(11)17/h1-6,9,22H,7-8,10H2,(H,19,21). The van der Waals surface area contributed by atoms with Gasteiger partial charge in [-0.15, -0.1) is 0 Å². The van der Waals surface area contributed by atoms with Crippen LogP contribution in [0.2, 0.25) is 0 Å². The second-order valence-corrected chi connectivity index (χ2v) is 6.70. The molecule has 5 nitrogen and oxygen atoms in total. The first-order chi connectivity index (χ1) is 11.2. The fourth-order valence-electron chi connectivity index (χ4n) is 3.02. The lowest BCUT2D eigenvalue weighted by molar-refractivity contribution is 0.0369. The highest BCUT2D eigenvalue weighted by Crippen LogP contribution is 2.36. The Balaban J connectivity index is 1.52. The van der Waals surface area contributed by atoms with Crippen molar-refractivity contribution in [2.75, 3.05) is 6.54 Å². The third-order valence-electron chi connectivity index (χ3n) is 4.23. The van der Waals surface area contributed by atoms with Crippen molar-refractivity contribution < 1.29 is 9.90 Å². The second-order valence-electron chi connectivity index (χ2n) is 5.72. The third-order valence-corrected chi connectivity index (χ3v) is 5.21. The molecule has 0 saturated heterocycles. The summed E-state index contributed by atoms with van der Waals surface area (Å²) in [6.45, 7) is 0.187. The van der Waals surface area contributed by atoms with Crippen molar-refractivity contribution in [3.8, 4) is 0 Å². The van der Waals surface area contributed by atoms with Gasteiger partial charge < -0.3 is 10.4 Å². The van der Waals surface area contributed by atoms with Gasteiger partial charge in [0.25, 0.3) is 5.91 Å². The largest absolute Gasteiger partial charge is 0.383 e. The van der Waals surface area contributed by atoms with Crippen LogP contribution in [0.15, 0.2) is 42.6 Å². The van der Waals surface area contributed by atoms with E-state index in [1.165, 1.54) is 11.3 Å². The molecule has 0 aliphatic heterocycles. The number of hydrogen-bond acceptors (Lipinski definition) is 5. The summed E-state index contributed by atoms with van der Waals surface area (Å²) in [5, 5.41) is 14.0. The lowest BCUT2D eigenvalue weighted by atomic mass is 9.96. The monoisotopic (exact) mass is 325 g/mol. The van der Waals surface area contributed by atoms with E-state index in [4.69, 9.17) is 0 Å². The molecule has 0 radical (unpaired) electrons. The van der Waals surface area contributed by atoms with Crippen molar-refractivity contribution in [1.82, 2.24) is 15.3 Å². The van der Waals surface area contributed by atoms with Gasteiger partial charge in [-0.25, -0.2) is 9.97 Å². The molecule has 3 aromatic rings. The number of rotatable bonds is 3. The average molecular weight is 325 g/mol. The first-order valence-electron chi connectivity index (χ1n) is 7.46. The molecule has 0 spiro atoms. The number of nitrogens with one attached hydrogen (secondary N) is 1. The highest BCUT2D eigenvalue weighted by atomic mass is 32.1. The van der Waals surface area contributed by atoms with E-state index in [1.54, 1.807) is 12.3 Å². The molecule has 2 aromatic heterocycles. The van der Waals surface area contributed by atoms with Crippen molar-refractivity contribution in [1.29, 1.82) is 0 Å². The number of pyridine rings is 1. The first-order valence-corrected chi connectivity index (χ1v) is 8.28. The molecular weight excluding hydrogens is 310 g/mol. The molecule has 2 heterocycles. The molecule has 4 rings (SSSR count). The zero-order chi connectivity index (χ0) is 15.9. The number of aromatic nitrogens is 2. The smallest absolute Gasteiger partial charge is 0.280 e. The summed E-state index contributed by atoms with van der Waals surface area (Å²) >= 11 is 1.26. The molecule has 1 atom stereocenters. The van der Waals surface area contributed by atoms with Gasteiger partial charge in [-0.2, -0.15) is 0 Å². The molecule has 116 valence electrons. The molecule has 23 heavy (non-hydrogen) atoms. The minimum Gasteiger partial charge on any atom is -0.383 e. The summed E-state index contributed by atoms with van der Waals surface area (Å²) in [6.07, 6.45) is 3.13. The molecule has 1 aromatic carbocycles. The molecule has 1 amide bonds. The summed E-state index contributed by atoms with van der Waals surface area (Å²) in [7, 11) is 0. The minimum absolute atomic E-state index is 0.187. The molecule has 0 bridgehead atoms. The number of amides is 1. The van der Waals surface area contributed by atoms with Crippen molar-refractivity contribution in [3.05, 3.63) is 58.7 Å². The zero-order valence-electron chi connectivity index (χ0n) is 12.3. The molecule has 6 heteroatoms. The number of fused-ring (bicyclic) bond motifs is 2. The number of benzene rings is 1. The minimum atomic E-state index is -0.999. The fraction of sp³-hybridized carbons (Fsp3) is 0.235. The van der Waals surface area contributed by atoms with Crippen molar-refractivity contribution >= 4 is 27.6 Å². The van der Waals surface area contributed by atoms with Crippen molar-refractivity contribution in [2.45, 2.75) is 18.4 Å². The Kier molecular flexibility index (Phi) is 3.36. The molecule has 1 unspecified atom stereocenters. The van der Waals surface area contributed by atoms with Gasteiger partial charge in [-0.3, -0.25) is 4.79 Å².